The molecule has 0 saturated carbocycles. The Morgan fingerprint density at radius 3 is 3.06 bits per heavy atom. The van der Waals surface area contributed by atoms with E-state index in [1.807, 2.05) is 29.2 Å². The Kier molecular flexibility index (Phi) is 2.70. The molecule has 1 aliphatic heterocycles. The van der Waals surface area contributed by atoms with Gasteiger partial charge in [-0.2, -0.15) is 5.10 Å². The first kappa shape index (κ1) is 10.9. The number of hydrogen-bond acceptors (Lipinski definition) is 5. The highest BCUT2D eigenvalue weighted by molar-refractivity contribution is 7.13. The van der Waals surface area contributed by atoms with Crippen molar-refractivity contribution in [2.24, 2.45) is 12.8 Å². The smallest absolute Gasteiger partial charge is 0.191 e. The summed E-state index contributed by atoms with van der Waals surface area (Å²) in [5.74, 6) is 1.84. The van der Waals surface area contributed by atoms with Gasteiger partial charge >= 0.3 is 0 Å². The van der Waals surface area contributed by atoms with Crippen LogP contribution in [0.15, 0.2) is 17.5 Å². The summed E-state index contributed by atoms with van der Waals surface area (Å²) >= 11 is 1.64. The van der Waals surface area contributed by atoms with E-state index in [1.54, 1.807) is 11.3 Å². The fourth-order valence-electron chi connectivity index (χ4n) is 2.07. The summed E-state index contributed by atoms with van der Waals surface area (Å²) in [4.78, 5) is 5.67. The van der Waals surface area contributed by atoms with E-state index < -0.39 is 0 Å². The van der Waals surface area contributed by atoms with Gasteiger partial charge in [0, 0.05) is 13.1 Å². The molecule has 3 rings (SSSR count). The van der Waals surface area contributed by atoms with Crippen LogP contribution in [0.25, 0.3) is 10.7 Å². The number of aryl methyl sites for hydroxylation is 1. The molecule has 0 spiro atoms. The van der Waals surface area contributed by atoms with E-state index in [9.17, 15) is 0 Å². The van der Waals surface area contributed by atoms with E-state index >= 15 is 0 Å². The van der Waals surface area contributed by atoms with Crippen molar-refractivity contribution in [2.75, 3.05) is 13.2 Å². The molecule has 5 nitrogen and oxygen atoms in total. The number of rotatable bonds is 2. The first-order valence-electron chi connectivity index (χ1n) is 5.54. The van der Waals surface area contributed by atoms with Gasteiger partial charge in [0.2, 0.25) is 0 Å². The summed E-state index contributed by atoms with van der Waals surface area (Å²) in [5, 5.41) is 6.46. The lowest BCUT2D eigenvalue weighted by molar-refractivity contribution is 0.190. The average molecular weight is 250 g/mol. The molecule has 2 aromatic rings. The zero-order valence-electron chi connectivity index (χ0n) is 9.54. The number of hydrogen-bond donors (Lipinski definition) is 1. The molecule has 3 heterocycles. The van der Waals surface area contributed by atoms with Crippen molar-refractivity contribution in [1.82, 2.24) is 14.8 Å². The van der Waals surface area contributed by atoms with Gasteiger partial charge in [-0.05, 0) is 11.4 Å². The Hall–Kier alpha value is -1.24. The molecule has 0 radical (unpaired) electrons. The predicted octanol–water partition coefficient (Wildman–Crippen LogP) is 0.985. The number of aromatic nitrogens is 3. The van der Waals surface area contributed by atoms with Crippen molar-refractivity contribution in [2.45, 2.75) is 12.0 Å². The van der Waals surface area contributed by atoms with E-state index in [2.05, 4.69) is 10.1 Å². The van der Waals surface area contributed by atoms with Crippen LogP contribution < -0.4 is 5.73 Å². The van der Waals surface area contributed by atoms with Crippen LogP contribution in [-0.2, 0) is 11.8 Å². The Morgan fingerprint density at radius 2 is 2.41 bits per heavy atom. The summed E-state index contributed by atoms with van der Waals surface area (Å²) in [6.45, 7) is 1.24. The van der Waals surface area contributed by atoms with Crippen LogP contribution in [0.5, 0.6) is 0 Å². The SMILES string of the molecule is Cn1nc(-c2cccs2)nc1C1COCC1N. The lowest BCUT2D eigenvalue weighted by atomic mass is 10.0. The van der Waals surface area contributed by atoms with E-state index in [0.717, 1.165) is 16.5 Å². The van der Waals surface area contributed by atoms with Gasteiger partial charge in [-0.3, -0.25) is 4.68 Å². The Morgan fingerprint density at radius 1 is 1.53 bits per heavy atom. The Bertz CT molecular complexity index is 508. The minimum atomic E-state index is 0.0223. The van der Waals surface area contributed by atoms with Gasteiger partial charge in [0.1, 0.15) is 5.82 Å². The van der Waals surface area contributed by atoms with Gasteiger partial charge in [-0.25, -0.2) is 4.98 Å². The zero-order valence-corrected chi connectivity index (χ0v) is 10.4. The number of nitrogens with zero attached hydrogens (tertiary/aromatic N) is 3. The second kappa shape index (κ2) is 4.21. The normalized spacial score (nSPS) is 24.4. The molecule has 0 amide bonds. The number of ether oxygens (including phenoxy) is 1. The molecule has 1 saturated heterocycles. The van der Waals surface area contributed by atoms with E-state index in [0.29, 0.717) is 13.2 Å². The molecule has 6 heteroatoms. The summed E-state index contributed by atoms with van der Waals surface area (Å²) in [6, 6.07) is 4.05. The van der Waals surface area contributed by atoms with Crippen molar-refractivity contribution < 1.29 is 4.74 Å². The Labute approximate surface area is 103 Å². The van der Waals surface area contributed by atoms with Crippen LogP contribution in [-0.4, -0.2) is 34.0 Å². The van der Waals surface area contributed by atoms with Crippen LogP contribution in [0.3, 0.4) is 0 Å². The molecule has 2 aromatic heterocycles. The standard InChI is InChI=1S/C11H14N4OS/c1-15-11(7-5-16-6-8(7)12)13-10(14-15)9-3-2-4-17-9/h2-4,7-8H,5-6,12H2,1H3. The second-order valence-corrected chi connectivity index (χ2v) is 5.15. The van der Waals surface area contributed by atoms with Crippen molar-refractivity contribution in [1.29, 1.82) is 0 Å². The minimum Gasteiger partial charge on any atom is -0.379 e. The average Bonchev–Trinajstić information content (AvgIpc) is 2.98. The quantitative estimate of drug-likeness (QED) is 0.863. The molecule has 0 aromatic carbocycles. The lowest BCUT2D eigenvalue weighted by Gasteiger charge is -2.10. The van der Waals surface area contributed by atoms with Crippen molar-refractivity contribution >= 4 is 11.3 Å². The summed E-state index contributed by atoms with van der Waals surface area (Å²) < 4.78 is 7.19. The third kappa shape index (κ3) is 1.88. The molecule has 2 unspecified atom stereocenters. The second-order valence-electron chi connectivity index (χ2n) is 4.20. The number of nitrogens with two attached hydrogens (primary N) is 1. The monoisotopic (exact) mass is 250 g/mol. The van der Waals surface area contributed by atoms with E-state index in [4.69, 9.17) is 10.5 Å². The first-order chi connectivity index (χ1) is 8.25. The molecule has 0 aliphatic carbocycles. The number of thiophene rings is 1. The molecule has 90 valence electrons. The van der Waals surface area contributed by atoms with Gasteiger partial charge in [0.25, 0.3) is 0 Å². The van der Waals surface area contributed by atoms with Crippen molar-refractivity contribution in [3.63, 3.8) is 0 Å². The first-order valence-corrected chi connectivity index (χ1v) is 6.42. The van der Waals surface area contributed by atoms with Crippen LogP contribution in [0, 0.1) is 0 Å². The van der Waals surface area contributed by atoms with Crippen LogP contribution in [0.4, 0.5) is 0 Å². The summed E-state index contributed by atoms with van der Waals surface area (Å²) in [7, 11) is 1.91. The zero-order chi connectivity index (χ0) is 11.8. The largest absolute Gasteiger partial charge is 0.379 e. The molecule has 1 aliphatic rings. The molecule has 17 heavy (non-hydrogen) atoms. The topological polar surface area (TPSA) is 66.0 Å². The summed E-state index contributed by atoms with van der Waals surface area (Å²) in [6.07, 6.45) is 0. The van der Waals surface area contributed by atoms with Gasteiger partial charge in [-0.1, -0.05) is 6.07 Å². The molecular weight excluding hydrogens is 236 g/mol. The van der Waals surface area contributed by atoms with Gasteiger partial charge in [-0.15, -0.1) is 11.3 Å². The van der Waals surface area contributed by atoms with Crippen molar-refractivity contribution in [3.8, 4) is 10.7 Å². The molecular formula is C11H14N4OS. The molecule has 2 atom stereocenters. The third-order valence-corrected chi connectivity index (χ3v) is 3.86. The van der Waals surface area contributed by atoms with Crippen LogP contribution in [0.1, 0.15) is 11.7 Å². The van der Waals surface area contributed by atoms with Crippen molar-refractivity contribution in [3.05, 3.63) is 23.3 Å². The minimum absolute atomic E-state index is 0.0223. The van der Waals surface area contributed by atoms with Gasteiger partial charge in [0.05, 0.1) is 24.0 Å². The van der Waals surface area contributed by atoms with Crippen LogP contribution in [0.2, 0.25) is 0 Å². The molecule has 0 bridgehead atoms. The highest BCUT2D eigenvalue weighted by Crippen LogP contribution is 2.26. The fourth-order valence-corrected chi connectivity index (χ4v) is 2.72. The van der Waals surface area contributed by atoms with Crippen LogP contribution >= 0.6 is 11.3 Å². The molecule has 2 N–H and O–H groups in total. The van der Waals surface area contributed by atoms with Gasteiger partial charge in [0.15, 0.2) is 5.82 Å². The summed E-state index contributed by atoms with van der Waals surface area (Å²) in [5.41, 5.74) is 6.00. The maximum Gasteiger partial charge on any atom is 0.191 e. The third-order valence-electron chi connectivity index (χ3n) is 2.99. The predicted molar refractivity (Wildman–Crippen MR) is 65.9 cm³/mol. The molecule has 1 fully saturated rings. The highest BCUT2D eigenvalue weighted by atomic mass is 32.1. The van der Waals surface area contributed by atoms with Gasteiger partial charge < -0.3 is 10.5 Å². The maximum absolute atomic E-state index is 6.00. The maximum atomic E-state index is 6.00. The van der Waals surface area contributed by atoms with E-state index in [1.165, 1.54) is 0 Å². The fraction of sp³-hybridized carbons (Fsp3) is 0.455. The lowest BCUT2D eigenvalue weighted by Crippen LogP contribution is -2.28. The highest BCUT2D eigenvalue weighted by Gasteiger charge is 2.30. The Balaban J connectivity index is 1.96. The van der Waals surface area contributed by atoms with E-state index in [-0.39, 0.29) is 12.0 Å².